The van der Waals surface area contributed by atoms with Crippen LogP contribution >= 0.6 is 11.6 Å². The van der Waals surface area contributed by atoms with Crippen molar-refractivity contribution in [3.8, 4) is 0 Å². The molecule has 0 fully saturated rings. The highest BCUT2D eigenvalue weighted by atomic mass is 35.5. The van der Waals surface area contributed by atoms with Gasteiger partial charge in [-0.05, 0) is 36.4 Å². The zero-order valence-corrected chi connectivity index (χ0v) is 13.8. The van der Waals surface area contributed by atoms with Gasteiger partial charge in [-0.2, -0.15) is 0 Å². The number of amides is 1. The van der Waals surface area contributed by atoms with E-state index in [9.17, 15) is 9.18 Å². The van der Waals surface area contributed by atoms with Gasteiger partial charge < -0.3 is 16.4 Å². The van der Waals surface area contributed by atoms with Crippen molar-refractivity contribution in [3.63, 3.8) is 0 Å². The first-order valence-electron chi connectivity index (χ1n) is 7.53. The summed E-state index contributed by atoms with van der Waals surface area (Å²) in [5.74, 6) is -0.147. The van der Waals surface area contributed by atoms with Crippen LogP contribution in [-0.4, -0.2) is 22.4 Å². The normalized spacial score (nSPS) is 10.7. The van der Waals surface area contributed by atoms with Gasteiger partial charge in [0.15, 0.2) is 0 Å². The van der Waals surface area contributed by atoms with Gasteiger partial charge in [-0.3, -0.25) is 4.79 Å². The molecule has 1 heterocycles. The molecule has 128 valence electrons. The largest absolute Gasteiger partial charge is 0.340 e. The molecule has 8 heteroatoms. The Morgan fingerprint density at radius 2 is 1.96 bits per heavy atom. The van der Waals surface area contributed by atoms with E-state index in [1.165, 1.54) is 18.5 Å². The Morgan fingerprint density at radius 3 is 2.72 bits per heavy atom. The van der Waals surface area contributed by atoms with Crippen molar-refractivity contribution in [1.29, 1.82) is 0 Å². The molecule has 2 aromatic carbocycles. The van der Waals surface area contributed by atoms with E-state index in [0.29, 0.717) is 28.1 Å². The van der Waals surface area contributed by atoms with Gasteiger partial charge >= 0.3 is 0 Å². The molecule has 0 aliphatic heterocycles. The first-order chi connectivity index (χ1) is 12.1. The molecule has 3 aromatic rings. The first kappa shape index (κ1) is 17.1. The average molecular weight is 360 g/mol. The molecule has 4 N–H and O–H groups in total. The predicted molar refractivity (Wildman–Crippen MR) is 96.5 cm³/mol. The number of benzene rings is 2. The van der Waals surface area contributed by atoms with Crippen molar-refractivity contribution >= 4 is 45.6 Å². The first-order valence-corrected chi connectivity index (χ1v) is 7.91. The third kappa shape index (κ3) is 4.01. The number of carbonyl (C=O) groups excluding carboxylic acids is 1. The highest BCUT2D eigenvalue weighted by molar-refractivity contribution is 6.31. The van der Waals surface area contributed by atoms with Gasteiger partial charge in [0.2, 0.25) is 5.91 Å². The van der Waals surface area contributed by atoms with E-state index in [2.05, 4.69) is 20.6 Å². The van der Waals surface area contributed by atoms with Crippen LogP contribution in [0.2, 0.25) is 5.02 Å². The lowest BCUT2D eigenvalue weighted by atomic mass is 10.2. The van der Waals surface area contributed by atoms with Crippen LogP contribution in [0, 0.1) is 5.82 Å². The number of nitrogens with one attached hydrogen (secondary N) is 2. The predicted octanol–water partition coefficient (Wildman–Crippen LogP) is 3.45. The molecule has 0 aliphatic carbocycles. The Labute approximate surface area is 148 Å². The third-order valence-electron chi connectivity index (χ3n) is 3.47. The summed E-state index contributed by atoms with van der Waals surface area (Å²) in [6.45, 7) is 0.278. The second-order valence-corrected chi connectivity index (χ2v) is 5.70. The Kier molecular flexibility index (Phi) is 5.06. The van der Waals surface area contributed by atoms with Gasteiger partial charge in [0.05, 0.1) is 10.5 Å². The zero-order valence-electron chi connectivity index (χ0n) is 13.1. The van der Waals surface area contributed by atoms with Crippen LogP contribution < -0.4 is 16.4 Å². The minimum absolute atomic E-state index is 0.0121. The van der Waals surface area contributed by atoms with E-state index >= 15 is 0 Å². The second kappa shape index (κ2) is 7.42. The van der Waals surface area contributed by atoms with Crippen LogP contribution in [0.1, 0.15) is 6.42 Å². The van der Waals surface area contributed by atoms with E-state index in [1.807, 2.05) is 0 Å². The molecule has 0 saturated carbocycles. The fraction of sp³-hybridized carbons (Fsp3) is 0.118. The number of hydrogen-bond acceptors (Lipinski definition) is 5. The maximum Gasteiger partial charge on any atom is 0.225 e. The zero-order chi connectivity index (χ0) is 17.8. The number of hydrogen-bond donors (Lipinski definition) is 3. The molecular weight excluding hydrogens is 345 g/mol. The molecule has 3 rings (SSSR count). The van der Waals surface area contributed by atoms with Gasteiger partial charge in [-0.25, -0.2) is 14.4 Å². The van der Waals surface area contributed by atoms with Crippen LogP contribution in [0.3, 0.4) is 0 Å². The van der Waals surface area contributed by atoms with Gasteiger partial charge in [0.25, 0.3) is 0 Å². The van der Waals surface area contributed by atoms with Gasteiger partial charge in [0.1, 0.15) is 18.0 Å². The van der Waals surface area contributed by atoms with Crippen LogP contribution in [0.4, 0.5) is 21.6 Å². The van der Waals surface area contributed by atoms with Gasteiger partial charge in [0, 0.05) is 29.7 Å². The number of anilines is 3. The summed E-state index contributed by atoms with van der Waals surface area (Å²) in [7, 11) is 0. The lowest BCUT2D eigenvalue weighted by Crippen LogP contribution is -2.16. The van der Waals surface area contributed by atoms with Crippen molar-refractivity contribution in [3.05, 3.63) is 53.6 Å². The Morgan fingerprint density at radius 1 is 1.16 bits per heavy atom. The Balaban J connectivity index is 1.94. The lowest BCUT2D eigenvalue weighted by molar-refractivity contribution is -0.116. The van der Waals surface area contributed by atoms with Crippen molar-refractivity contribution in [2.75, 3.05) is 17.2 Å². The Bertz CT molecular complexity index is 934. The highest BCUT2D eigenvalue weighted by Crippen LogP contribution is 2.27. The number of aromatic nitrogens is 2. The van der Waals surface area contributed by atoms with Crippen LogP contribution in [0.25, 0.3) is 10.9 Å². The summed E-state index contributed by atoms with van der Waals surface area (Å²) < 4.78 is 13.3. The fourth-order valence-corrected chi connectivity index (χ4v) is 2.48. The van der Waals surface area contributed by atoms with Gasteiger partial charge in [-0.1, -0.05) is 11.6 Å². The van der Waals surface area contributed by atoms with Crippen molar-refractivity contribution in [1.82, 2.24) is 9.97 Å². The smallest absolute Gasteiger partial charge is 0.225 e. The fourth-order valence-electron chi connectivity index (χ4n) is 2.30. The number of rotatable bonds is 5. The maximum atomic E-state index is 13.3. The summed E-state index contributed by atoms with van der Waals surface area (Å²) in [6, 6.07) is 9.59. The minimum atomic E-state index is -0.496. The SMILES string of the molecule is NCCC(=O)Nc1ccc2ncnc(Nc3ccc(F)c(Cl)c3)c2c1. The summed E-state index contributed by atoms with van der Waals surface area (Å²) in [6.07, 6.45) is 1.66. The summed E-state index contributed by atoms with van der Waals surface area (Å²) in [4.78, 5) is 20.1. The molecule has 1 amide bonds. The molecule has 0 radical (unpaired) electrons. The van der Waals surface area contributed by atoms with E-state index in [-0.39, 0.29) is 23.9 Å². The summed E-state index contributed by atoms with van der Waals surface area (Å²) in [5, 5.41) is 6.57. The molecule has 0 spiro atoms. The van der Waals surface area contributed by atoms with Gasteiger partial charge in [-0.15, -0.1) is 0 Å². The van der Waals surface area contributed by atoms with Crippen LogP contribution in [-0.2, 0) is 4.79 Å². The van der Waals surface area contributed by atoms with Crippen LogP contribution in [0.5, 0.6) is 0 Å². The number of carbonyl (C=O) groups is 1. The molecular formula is C17H15ClFN5O. The topological polar surface area (TPSA) is 92.9 Å². The standard InChI is InChI=1S/C17H15ClFN5O/c18-13-8-11(1-3-14(13)19)24-17-12-7-10(23-16(25)5-6-20)2-4-15(12)21-9-22-17/h1-4,7-9H,5-6,20H2,(H,23,25)(H,21,22,24). The lowest BCUT2D eigenvalue weighted by Gasteiger charge is -2.11. The second-order valence-electron chi connectivity index (χ2n) is 5.29. The summed E-state index contributed by atoms with van der Waals surface area (Å²) >= 11 is 5.81. The Hall–Kier alpha value is -2.77. The average Bonchev–Trinajstić information content (AvgIpc) is 2.59. The number of halogens is 2. The molecule has 1 aromatic heterocycles. The molecule has 0 unspecified atom stereocenters. The minimum Gasteiger partial charge on any atom is -0.340 e. The maximum absolute atomic E-state index is 13.3. The molecule has 0 bridgehead atoms. The van der Waals surface area contributed by atoms with Crippen LogP contribution in [0.15, 0.2) is 42.7 Å². The van der Waals surface area contributed by atoms with Crippen molar-refractivity contribution in [2.45, 2.75) is 6.42 Å². The molecule has 0 aliphatic rings. The van der Waals surface area contributed by atoms with E-state index < -0.39 is 5.82 Å². The summed E-state index contributed by atoms with van der Waals surface area (Å²) in [5.41, 5.74) is 7.27. The van der Waals surface area contributed by atoms with Crippen molar-refractivity contribution in [2.24, 2.45) is 5.73 Å². The highest BCUT2D eigenvalue weighted by Gasteiger charge is 2.08. The van der Waals surface area contributed by atoms with Crippen molar-refractivity contribution < 1.29 is 9.18 Å². The molecule has 0 saturated heterocycles. The quantitative estimate of drug-likeness (QED) is 0.648. The van der Waals surface area contributed by atoms with E-state index in [4.69, 9.17) is 17.3 Å². The number of nitrogens with two attached hydrogens (primary N) is 1. The molecule has 25 heavy (non-hydrogen) atoms. The van der Waals surface area contributed by atoms with E-state index in [1.54, 1.807) is 24.3 Å². The van der Waals surface area contributed by atoms with E-state index in [0.717, 1.165) is 0 Å². The number of nitrogens with zero attached hydrogens (tertiary/aromatic N) is 2. The monoisotopic (exact) mass is 359 g/mol. The third-order valence-corrected chi connectivity index (χ3v) is 3.76. The molecule has 6 nitrogen and oxygen atoms in total. The molecule has 0 atom stereocenters. The number of fused-ring (bicyclic) bond motifs is 1.